The Hall–Kier alpha value is -2.93. The zero-order valence-electron chi connectivity index (χ0n) is 14.5. The minimum atomic E-state index is 0.648. The molecule has 1 N–H and O–H groups in total. The molecule has 0 aliphatic rings. The van der Waals surface area contributed by atoms with Crippen LogP contribution in [0.4, 0.5) is 11.6 Å². The van der Waals surface area contributed by atoms with Crippen LogP contribution in [0.3, 0.4) is 0 Å². The maximum atomic E-state index is 5.09. The molecule has 3 rings (SSSR count). The number of nitrogens with zero attached hydrogens (tertiary/aromatic N) is 5. The molecule has 0 amide bonds. The first-order valence-corrected chi connectivity index (χ1v) is 8.13. The summed E-state index contributed by atoms with van der Waals surface area (Å²) in [5.41, 5.74) is 2.06. The molecule has 1 aromatic carbocycles. The van der Waals surface area contributed by atoms with E-state index in [0.29, 0.717) is 13.2 Å². The van der Waals surface area contributed by atoms with Gasteiger partial charge in [0.1, 0.15) is 5.82 Å². The number of hydrogen-bond acceptors (Lipinski definition) is 6. The number of benzene rings is 1. The molecule has 0 saturated carbocycles. The number of anilines is 2. The molecule has 7 nitrogen and oxygen atoms in total. The molecule has 0 unspecified atom stereocenters. The van der Waals surface area contributed by atoms with Crippen molar-refractivity contribution in [2.24, 2.45) is 0 Å². The molecule has 0 atom stereocenters. The van der Waals surface area contributed by atoms with Crippen LogP contribution in [0.5, 0.6) is 0 Å². The monoisotopic (exact) mass is 338 g/mol. The minimum Gasteiger partial charge on any atom is -0.383 e. The Labute approximate surface area is 147 Å². The third-order valence-electron chi connectivity index (χ3n) is 3.85. The molecule has 0 aliphatic carbocycles. The number of aromatic nitrogens is 4. The van der Waals surface area contributed by atoms with Gasteiger partial charge in [-0.2, -0.15) is 4.68 Å². The van der Waals surface area contributed by atoms with Gasteiger partial charge in [-0.25, -0.2) is 4.98 Å². The second-order valence-electron chi connectivity index (χ2n) is 5.66. The summed E-state index contributed by atoms with van der Waals surface area (Å²) >= 11 is 0. The SMILES string of the molecule is COCCN(C)c1ccc(CNc2cnnn2-c2ccccc2)cn1. The highest BCUT2D eigenvalue weighted by Gasteiger charge is 2.06. The Morgan fingerprint density at radius 1 is 1.12 bits per heavy atom. The molecule has 0 radical (unpaired) electrons. The van der Waals surface area contributed by atoms with Crippen LogP contribution in [0.1, 0.15) is 5.56 Å². The van der Waals surface area contributed by atoms with E-state index >= 15 is 0 Å². The minimum absolute atomic E-state index is 0.648. The highest BCUT2D eigenvalue weighted by atomic mass is 16.5. The Bertz CT molecular complexity index is 772. The molecule has 0 aliphatic heterocycles. The highest BCUT2D eigenvalue weighted by molar-refractivity contribution is 5.44. The van der Waals surface area contributed by atoms with Crippen molar-refractivity contribution in [1.82, 2.24) is 20.0 Å². The third-order valence-corrected chi connectivity index (χ3v) is 3.85. The van der Waals surface area contributed by atoms with E-state index in [0.717, 1.165) is 29.4 Å². The zero-order chi connectivity index (χ0) is 17.5. The van der Waals surface area contributed by atoms with Gasteiger partial charge in [-0.1, -0.05) is 29.5 Å². The fraction of sp³-hybridized carbons (Fsp3) is 0.278. The third kappa shape index (κ3) is 4.33. The van der Waals surface area contributed by atoms with Gasteiger partial charge in [0.15, 0.2) is 5.82 Å². The Kier molecular flexibility index (Phi) is 5.58. The van der Waals surface area contributed by atoms with Crippen molar-refractivity contribution >= 4 is 11.6 Å². The molecule has 3 aromatic rings. The summed E-state index contributed by atoms with van der Waals surface area (Å²) in [7, 11) is 3.70. The van der Waals surface area contributed by atoms with Gasteiger partial charge in [0.2, 0.25) is 0 Å². The van der Waals surface area contributed by atoms with E-state index in [9.17, 15) is 0 Å². The van der Waals surface area contributed by atoms with Gasteiger partial charge in [-0.3, -0.25) is 0 Å². The molecule has 0 bridgehead atoms. The van der Waals surface area contributed by atoms with Crippen molar-refractivity contribution in [3.63, 3.8) is 0 Å². The molecule has 0 fully saturated rings. The standard InChI is InChI=1S/C18H22N6O/c1-23(10-11-25-2)17-9-8-15(12-19-17)13-20-18-14-21-22-24(18)16-6-4-3-5-7-16/h3-9,12,14,20H,10-11,13H2,1-2H3. The van der Waals surface area contributed by atoms with Gasteiger partial charge in [0.05, 0.1) is 18.5 Å². The zero-order valence-corrected chi connectivity index (χ0v) is 14.5. The summed E-state index contributed by atoms with van der Waals surface area (Å²) in [5.74, 6) is 1.77. The lowest BCUT2D eigenvalue weighted by molar-refractivity contribution is 0.206. The second kappa shape index (κ2) is 8.25. The number of para-hydroxylation sites is 1. The molecule has 0 saturated heterocycles. The number of pyridine rings is 1. The van der Waals surface area contributed by atoms with Gasteiger partial charge in [-0.15, -0.1) is 5.10 Å². The summed E-state index contributed by atoms with van der Waals surface area (Å²) < 4.78 is 6.87. The van der Waals surface area contributed by atoms with Crippen LogP contribution in [0.15, 0.2) is 54.9 Å². The van der Waals surface area contributed by atoms with Crippen LogP contribution in [-0.4, -0.2) is 47.3 Å². The lowest BCUT2D eigenvalue weighted by Crippen LogP contribution is -2.23. The number of rotatable bonds is 8. The van der Waals surface area contributed by atoms with Gasteiger partial charge in [0, 0.05) is 33.4 Å². The first kappa shape index (κ1) is 16.9. The van der Waals surface area contributed by atoms with Gasteiger partial charge >= 0.3 is 0 Å². The van der Waals surface area contributed by atoms with Crippen molar-refractivity contribution in [2.75, 3.05) is 37.5 Å². The summed E-state index contributed by atoms with van der Waals surface area (Å²) in [6.45, 7) is 2.14. The smallest absolute Gasteiger partial charge is 0.150 e. The van der Waals surface area contributed by atoms with Crippen molar-refractivity contribution in [3.05, 3.63) is 60.4 Å². The van der Waals surface area contributed by atoms with Crippen LogP contribution in [0, 0.1) is 0 Å². The van der Waals surface area contributed by atoms with E-state index in [2.05, 4.69) is 31.6 Å². The second-order valence-corrected chi connectivity index (χ2v) is 5.66. The van der Waals surface area contributed by atoms with E-state index in [-0.39, 0.29) is 0 Å². The van der Waals surface area contributed by atoms with E-state index in [1.165, 1.54) is 0 Å². The van der Waals surface area contributed by atoms with Crippen molar-refractivity contribution in [2.45, 2.75) is 6.54 Å². The van der Waals surface area contributed by atoms with Gasteiger partial charge < -0.3 is 15.0 Å². The van der Waals surface area contributed by atoms with Gasteiger partial charge in [0.25, 0.3) is 0 Å². The number of ether oxygens (including phenoxy) is 1. The lowest BCUT2D eigenvalue weighted by atomic mass is 10.2. The fourth-order valence-corrected chi connectivity index (χ4v) is 2.40. The van der Waals surface area contributed by atoms with Crippen LogP contribution >= 0.6 is 0 Å². The van der Waals surface area contributed by atoms with Crippen molar-refractivity contribution in [3.8, 4) is 5.69 Å². The quantitative estimate of drug-likeness (QED) is 0.680. The highest BCUT2D eigenvalue weighted by Crippen LogP contribution is 2.15. The average Bonchev–Trinajstić information content (AvgIpc) is 3.14. The molecule has 2 aromatic heterocycles. The Morgan fingerprint density at radius 2 is 1.96 bits per heavy atom. The number of likely N-dealkylation sites (N-methyl/N-ethyl adjacent to an activating group) is 1. The molecule has 2 heterocycles. The van der Waals surface area contributed by atoms with E-state index < -0.39 is 0 Å². The molecular weight excluding hydrogens is 316 g/mol. The molecule has 7 heteroatoms. The van der Waals surface area contributed by atoms with E-state index in [1.54, 1.807) is 18.0 Å². The molecule has 0 spiro atoms. The van der Waals surface area contributed by atoms with Gasteiger partial charge in [-0.05, 0) is 23.8 Å². The predicted octanol–water partition coefficient (Wildman–Crippen LogP) is 2.36. The molecular formula is C18H22N6O. The van der Waals surface area contributed by atoms with Crippen LogP contribution in [-0.2, 0) is 11.3 Å². The van der Waals surface area contributed by atoms with Crippen LogP contribution in [0.2, 0.25) is 0 Å². The molecule has 25 heavy (non-hydrogen) atoms. The van der Waals surface area contributed by atoms with E-state index in [4.69, 9.17) is 4.74 Å². The summed E-state index contributed by atoms with van der Waals surface area (Å²) in [6, 6.07) is 14.0. The Morgan fingerprint density at radius 3 is 2.68 bits per heavy atom. The largest absolute Gasteiger partial charge is 0.383 e. The van der Waals surface area contributed by atoms with Crippen molar-refractivity contribution in [1.29, 1.82) is 0 Å². The van der Waals surface area contributed by atoms with Crippen molar-refractivity contribution < 1.29 is 4.74 Å². The topological polar surface area (TPSA) is 68.1 Å². The summed E-state index contributed by atoms with van der Waals surface area (Å²) in [5, 5.41) is 11.5. The average molecular weight is 338 g/mol. The first-order valence-electron chi connectivity index (χ1n) is 8.13. The maximum absolute atomic E-state index is 5.09. The first-order chi connectivity index (χ1) is 12.3. The normalized spacial score (nSPS) is 10.6. The maximum Gasteiger partial charge on any atom is 0.150 e. The summed E-state index contributed by atoms with van der Waals surface area (Å²) in [4.78, 5) is 6.57. The Balaban J connectivity index is 1.62. The summed E-state index contributed by atoms with van der Waals surface area (Å²) in [6.07, 6.45) is 3.59. The number of methoxy groups -OCH3 is 1. The van der Waals surface area contributed by atoms with Crippen LogP contribution < -0.4 is 10.2 Å². The van der Waals surface area contributed by atoms with Crippen LogP contribution in [0.25, 0.3) is 5.69 Å². The number of hydrogen-bond donors (Lipinski definition) is 1. The molecule has 130 valence electrons. The fourth-order valence-electron chi connectivity index (χ4n) is 2.40. The number of nitrogens with one attached hydrogen (secondary N) is 1. The predicted molar refractivity (Wildman–Crippen MR) is 98.1 cm³/mol. The van der Waals surface area contributed by atoms with E-state index in [1.807, 2.05) is 49.6 Å². The lowest BCUT2D eigenvalue weighted by Gasteiger charge is -2.17.